The van der Waals surface area contributed by atoms with E-state index in [0.29, 0.717) is 0 Å². The van der Waals surface area contributed by atoms with Crippen molar-refractivity contribution in [2.75, 3.05) is 0 Å². The molecule has 0 aromatic rings. The molecule has 0 aliphatic carbocycles. The highest BCUT2D eigenvalue weighted by Crippen LogP contribution is 2.61. The molecule has 0 fully saturated rings. The molecule has 0 aliphatic rings. The van der Waals surface area contributed by atoms with Gasteiger partial charge in [0.2, 0.25) is 0 Å². The molecule has 0 N–H and O–H groups in total. The van der Waals surface area contributed by atoms with Gasteiger partial charge in [-0.2, -0.15) is 79.0 Å². The monoisotopic (exact) mass is 578 g/mol. The van der Waals surface area contributed by atoms with Crippen LogP contribution in [0.25, 0.3) is 0 Å². The fraction of sp³-hybridized carbons (Fsp3) is 0.833. The molecule has 0 atom stereocenters. The van der Waals surface area contributed by atoms with Crippen LogP contribution >= 0.6 is 23.2 Å². The molecule has 0 unspecified atom stereocenters. The molecule has 0 heterocycles. The first kappa shape index (κ1) is 32.0. The SMILES string of the molecule is F/C(=C\CC(F)(F)C(F)(F)C(F)(F)C(F)(F)C(F)(F)C(F)(F)Cl)C(F)(F)C(F)(F)C(F)(F)Cl. The number of hydrogen-bond donors (Lipinski definition) is 0. The molecule has 0 nitrogen and oxygen atoms in total. The van der Waals surface area contributed by atoms with E-state index in [1.165, 1.54) is 0 Å². The number of hydrogen-bond acceptors (Lipinski definition) is 0. The van der Waals surface area contributed by atoms with E-state index in [0.717, 1.165) is 0 Å². The van der Waals surface area contributed by atoms with Crippen molar-refractivity contribution in [3.8, 4) is 0 Å². The smallest absolute Gasteiger partial charge is 0.205 e. The third-order valence-corrected chi connectivity index (χ3v) is 4.06. The molecule has 0 amide bonds. The first-order valence-corrected chi connectivity index (χ1v) is 7.78. The van der Waals surface area contributed by atoms with E-state index in [1.807, 2.05) is 0 Å². The lowest BCUT2D eigenvalue weighted by Crippen LogP contribution is -2.69. The molecule has 0 aromatic carbocycles. The zero-order valence-corrected chi connectivity index (χ0v) is 15.7. The van der Waals surface area contributed by atoms with Crippen LogP contribution in [0.2, 0.25) is 0 Å². The zero-order valence-electron chi connectivity index (χ0n) is 14.2. The van der Waals surface area contributed by atoms with E-state index >= 15 is 0 Å². The summed E-state index contributed by atoms with van der Waals surface area (Å²) in [6.45, 7) is 0. The number of halogens is 21. The van der Waals surface area contributed by atoms with Crippen molar-refractivity contribution in [3.05, 3.63) is 11.9 Å². The Kier molecular flexibility index (Phi) is 8.03. The maximum absolute atomic E-state index is 13.3. The normalized spacial score (nSPS) is 16.9. The molecule has 0 aliphatic heterocycles. The third-order valence-electron chi connectivity index (χ3n) is 3.59. The summed E-state index contributed by atoms with van der Waals surface area (Å²) in [6.07, 6.45) is -5.62. The Balaban J connectivity index is 6.37. The van der Waals surface area contributed by atoms with Crippen LogP contribution in [0.5, 0.6) is 0 Å². The number of allylic oxidation sites excluding steroid dienone is 2. The van der Waals surface area contributed by atoms with E-state index in [4.69, 9.17) is 0 Å². The van der Waals surface area contributed by atoms with Gasteiger partial charge in [-0.1, -0.05) is 0 Å². The van der Waals surface area contributed by atoms with Crippen LogP contribution in [0.4, 0.5) is 83.4 Å². The second-order valence-corrected chi connectivity index (χ2v) is 6.85. The molecule has 21 heteroatoms. The summed E-state index contributed by atoms with van der Waals surface area (Å²) in [4.78, 5) is 0. The van der Waals surface area contributed by atoms with Gasteiger partial charge in [-0.3, -0.25) is 0 Å². The predicted octanol–water partition coefficient (Wildman–Crippen LogP) is 8.34. The van der Waals surface area contributed by atoms with Gasteiger partial charge in [0.25, 0.3) is 0 Å². The fourth-order valence-corrected chi connectivity index (χ4v) is 1.84. The van der Waals surface area contributed by atoms with Gasteiger partial charge < -0.3 is 0 Å². The van der Waals surface area contributed by atoms with Gasteiger partial charge in [-0.05, 0) is 29.3 Å². The lowest BCUT2D eigenvalue weighted by Gasteiger charge is -2.40. The average molecular weight is 579 g/mol. The standard InChI is InChI=1S/C12H3Cl2F19/c13-11(30,31)7(22,23)5(18,19)3(15)1-2-4(16,17)6(20,21)8(24,25)9(26,27)10(28,29)12(14,32)33/h1H,2H2/b3-1-. The van der Waals surface area contributed by atoms with Crippen molar-refractivity contribution in [3.63, 3.8) is 0 Å². The van der Waals surface area contributed by atoms with Crippen LogP contribution < -0.4 is 0 Å². The second-order valence-electron chi connectivity index (χ2n) is 5.90. The van der Waals surface area contributed by atoms with Crippen molar-refractivity contribution in [1.82, 2.24) is 0 Å². The molecule has 0 saturated carbocycles. The number of alkyl halides is 20. The van der Waals surface area contributed by atoms with E-state index < -0.39 is 70.5 Å². The Morgan fingerprint density at radius 3 is 1.09 bits per heavy atom. The first-order valence-electron chi connectivity index (χ1n) is 7.02. The first-order chi connectivity index (χ1) is 13.9. The van der Waals surface area contributed by atoms with Gasteiger partial charge in [-0.15, -0.1) is 0 Å². The van der Waals surface area contributed by atoms with Crippen LogP contribution in [0.1, 0.15) is 6.42 Å². The fourth-order valence-electron chi connectivity index (χ4n) is 1.60. The molecule has 0 rings (SSSR count). The van der Waals surface area contributed by atoms with E-state index in [1.54, 1.807) is 0 Å². The second kappa shape index (κ2) is 8.29. The van der Waals surface area contributed by atoms with Crippen molar-refractivity contribution in [1.29, 1.82) is 0 Å². The highest BCUT2D eigenvalue weighted by atomic mass is 35.5. The molecule has 0 aromatic heterocycles. The van der Waals surface area contributed by atoms with Crippen LogP contribution in [0, 0.1) is 0 Å². The summed E-state index contributed by atoms with van der Waals surface area (Å²) in [5.41, 5.74) is 0. The van der Waals surface area contributed by atoms with Gasteiger partial charge >= 0.3 is 52.2 Å². The lowest BCUT2D eigenvalue weighted by atomic mass is 9.92. The largest absolute Gasteiger partial charge is 0.393 e. The maximum Gasteiger partial charge on any atom is 0.393 e. The summed E-state index contributed by atoms with van der Waals surface area (Å²) >= 11 is 6.95. The Morgan fingerprint density at radius 1 is 0.485 bits per heavy atom. The Bertz CT molecular complexity index is 741. The third kappa shape index (κ3) is 4.76. The molecule has 0 bridgehead atoms. The maximum atomic E-state index is 13.3. The number of rotatable bonds is 10. The van der Waals surface area contributed by atoms with E-state index in [2.05, 4.69) is 23.2 Å². The topological polar surface area (TPSA) is 0 Å². The molecule has 33 heavy (non-hydrogen) atoms. The lowest BCUT2D eigenvalue weighted by molar-refractivity contribution is -0.416. The molecular weight excluding hydrogens is 576 g/mol. The van der Waals surface area contributed by atoms with E-state index in [9.17, 15) is 83.4 Å². The van der Waals surface area contributed by atoms with Crippen molar-refractivity contribution >= 4 is 23.2 Å². The Hall–Kier alpha value is -1.01. The van der Waals surface area contributed by atoms with Gasteiger partial charge in [0.1, 0.15) is 0 Å². The predicted molar refractivity (Wildman–Crippen MR) is 70.0 cm³/mol. The highest BCUT2D eigenvalue weighted by molar-refractivity contribution is 6.22. The Morgan fingerprint density at radius 2 is 0.788 bits per heavy atom. The van der Waals surface area contributed by atoms with Crippen molar-refractivity contribution in [2.45, 2.75) is 58.6 Å². The van der Waals surface area contributed by atoms with Crippen LogP contribution in [-0.4, -0.2) is 52.2 Å². The van der Waals surface area contributed by atoms with Gasteiger partial charge in [0.15, 0.2) is 5.83 Å². The quantitative estimate of drug-likeness (QED) is 0.181. The molecule has 0 saturated heterocycles. The molecule has 0 spiro atoms. The minimum atomic E-state index is -8.20. The molecular formula is C12H3Cl2F19. The summed E-state index contributed by atoms with van der Waals surface area (Å²) < 4.78 is 245. The summed E-state index contributed by atoms with van der Waals surface area (Å²) in [5, 5.41) is -13.1. The summed E-state index contributed by atoms with van der Waals surface area (Å²) in [7, 11) is 0. The summed E-state index contributed by atoms with van der Waals surface area (Å²) in [5.74, 6) is -57.0. The van der Waals surface area contributed by atoms with Crippen molar-refractivity contribution < 1.29 is 83.4 Å². The Labute approximate surface area is 178 Å². The van der Waals surface area contributed by atoms with Crippen LogP contribution in [0.3, 0.4) is 0 Å². The van der Waals surface area contributed by atoms with Gasteiger partial charge in [-0.25, -0.2) is 4.39 Å². The van der Waals surface area contributed by atoms with Crippen LogP contribution in [0.15, 0.2) is 11.9 Å². The average Bonchev–Trinajstić information content (AvgIpc) is 2.56. The van der Waals surface area contributed by atoms with Crippen LogP contribution in [-0.2, 0) is 0 Å². The molecule has 0 radical (unpaired) electrons. The van der Waals surface area contributed by atoms with Gasteiger partial charge in [0, 0.05) is 6.42 Å². The molecule has 198 valence electrons. The minimum absolute atomic E-state index is 1.88. The van der Waals surface area contributed by atoms with E-state index in [-0.39, 0.29) is 0 Å². The van der Waals surface area contributed by atoms with Gasteiger partial charge in [0.05, 0.1) is 0 Å². The van der Waals surface area contributed by atoms with Crippen molar-refractivity contribution in [2.24, 2.45) is 0 Å². The minimum Gasteiger partial charge on any atom is -0.205 e. The zero-order chi connectivity index (χ0) is 27.5. The summed E-state index contributed by atoms with van der Waals surface area (Å²) in [6, 6.07) is 0. The highest BCUT2D eigenvalue weighted by Gasteiger charge is 2.89.